The molecule has 1 aliphatic rings. The van der Waals surface area contributed by atoms with Gasteiger partial charge in [-0.05, 0) is 25.7 Å². The van der Waals surface area contributed by atoms with Crippen LogP contribution in [0, 0.1) is 6.92 Å². The van der Waals surface area contributed by atoms with E-state index in [1.807, 2.05) is 6.92 Å². The Morgan fingerprint density at radius 1 is 1.29 bits per heavy atom. The van der Waals surface area contributed by atoms with E-state index in [9.17, 15) is 0 Å². The highest BCUT2D eigenvalue weighted by Crippen LogP contribution is 2.39. The van der Waals surface area contributed by atoms with Crippen LogP contribution in [0.1, 0.15) is 55.6 Å². The number of halogens is 1. The Balaban J connectivity index is 2.43. The standard InChI is InChI=1S/C11H15ClN2/c1-6(2)9-7(3)13-11(8-4-5-8)14-10(9)12/h6,8H,4-5H2,1-3H3. The minimum atomic E-state index is 0.399. The van der Waals surface area contributed by atoms with E-state index in [1.165, 1.54) is 12.8 Å². The normalized spacial score (nSPS) is 16.4. The lowest BCUT2D eigenvalue weighted by molar-refractivity contribution is 0.803. The van der Waals surface area contributed by atoms with Crippen LogP contribution in [-0.4, -0.2) is 9.97 Å². The average molecular weight is 211 g/mol. The molecule has 0 aromatic carbocycles. The highest BCUT2D eigenvalue weighted by molar-refractivity contribution is 6.30. The molecule has 0 atom stereocenters. The van der Waals surface area contributed by atoms with Gasteiger partial charge in [-0.15, -0.1) is 0 Å². The first-order valence-corrected chi connectivity index (χ1v) is 5.51. The minimum absolute atomic E-state index is 0.399. The van der Waals surface area contributed by atoms with Gasteiger partial charge in [-0.25, -0.2) is 9.97 Å². The summed E-state index contributed by atoms with van der Waals surface area (Å²) in [7, 11) is 0. The molecule has 3 heteroatoms. The van der Waals surface area contributed by atoms with Crippen LogP contribution in [0.15, 0.2) is 0 Å². The zero-order valence-electron chi connectivity index (χ0n) is 8.84. The predicted octanol–water partition coefficient (Wildman–Crippen LogP) is 3.44. The topological polar surface area (TPSA) is 25.8 Å². The second-order valence-electron chi connectivity index (χ2n) is 4.30. The molecular weight excluding hydrogens is 196 g/mol. The summed E-state index contributed by atoms with van der Waals surface area (Å²) in [4.78, 5) is 8.89. The summed E-state index contributed by atoms with van der Waals surface area (Å²) in [6.07, 6.45) is 2.44. The molecule has 1 heterocycles. The number of hydrogen-bond donors (Lipinski definition) is 0. The highest BCUT2D eigenvalue weighted by Gasteiger charge is 2.28. The maximum Gasteiger partial charge on any atom is 0.136 e. The first-order valence-electron chi connectivity index (χ1n) is 5.13. The van der Waals surface area contributed by atoms with Crippen molar-refractivity contribution in [2.45, 2.75) is 45.4 Å². The third kappa shape index (κ3) is 1.76. The fourth-order valence-corrected chi connectivity index (χ4v) is 2.19. The van der Waals surface area contributed by atoms with Crippen molar-refractivity contribution < 1.29 is 0 Å². The molecule has 0 bridgehead atoms. The van der Waals surface area contributed by atoms with Gasteiger partial charge in [-0.3, -0.25) is 0 Å². The van der Waals surface area contributed by atoms with Gasteiger partial charge in [0.15, 0.2) is 0 Å². The Hall–Kier alpha value is -0.630. The molecular formula is C11H15ClN2. The second-order valence-corrected chi connectivity index (χ2v) is 4.66. The summed E-state index contributed by atoms with van der Waals surface area (Å²) in [5.41, 5.74) is 2.14. The summed E-state index contributed by atoms with van der Waals surface area (Å²) in [6.45, 7) is 6.26. The average Bonchev–Trinajstić information content (AvgIpc) is 2.83. The van der Waals surface area contributed by atoms with Gasteiger partial charge < -0.3 is 0 Å². The molecule has 1 aromatic rings. The van der Waals surface area contributed by atoms with E-state index in [0.29, 0.717) is 17.0 Å². The maximum absolute atomic E-state index is 6.15. The molecule has 1 aromatic heterocycles. The molecule has 0 amide bonds. The number of rotatable bonds is 2. The van der Waals surface area contributed by atoms with Crippen molar-refractivity contribution in [2.75, 3.05) is 0 Å². The Morgan fingerprint density at radius 2 is 1.93 bits per heavy atom. The van der Waals surface area contributed by atoms with Gasteiger partial charge in [0.1, 0.15) is 11.0 Å². The SMILES string of the molecule is Cc1nc(C2CC2)nc(Cl)c1C(C)C. The molecule has 0 spiro atoms. The lowest BCUT2D eigenvalue weighted by Gasteiger charge is -2.11. The number of aryl methyl sites for hydroxylation is 1. The van der Waals surface area contributed by atoms with Crippen LogP contribution in [0.5, 0.6) is 0 Å². The minimum Gasteiger partial charge on any atom is -0.238 e. The molecule has 76 valence electrons. The van der Waals surface area contributed by atoms with Gasteiger partial charge in [0.05, 0.1) is 0 Å². The van der Waals surface area contributed by atoms with Gasteiger partial charge in [0, 0.05) is 17.2 Å². The van der Waals surface area contributed by atoms with E-state index in [2.05, 4.69) is 23.8 Å². The maximum atomic E-state index is 6.15. The monoisotopic (exact) mass is 210 g/mol. The van der Waals surface area contributed by atoms with Gasteiger partial charge in [0.2, 0.25) is 0 Å². The molecule has 2 rings (SSSR count). The van der Waals surface area contributed by atoms with Crippen LogP contribution in [0.25, 0.3) is 0 Å². The first-order chi connectivity index (χ1) is 6.59. The third-order valence-electron chi connectivity index (χ3n) is 2.63. The van der Waals surface area contributed by atoms with Crippen molar-refractivity contribution in [2.24, 2.45) is 0 Å². The molecule has 1 aliphatic carbocycles. The fraction of sp³-hybridized carbons (Fsp3) is 0.636. The Bertz CT molecular complexity index is 333. The third-order valence-corrected chi connectivity index (χ3v) is 2.91. The van der Waals surface area contributed by atoms with Crippen LogP contribution >= 0.6 is 11.6 Å². The Morgan fingerprint density at radius 3 is 2.36 bits per heavy atom. The lowest BCUT2D eigenvalue weighted by Crippen LogP contribution is -2.03. The van der Waals surface area contributed by atoms with E-state index >= 15 is 0 Å². The van der Waals surface area contributed by atoms with Crippen molar-refractivity contribution in [1.82, 2.24) is 9.97 Å². The van der Waals surface area contributed by atoms with Crippen molar-refractivity contribution in [3.8, 4) is 0 Å². The summed E-state index contributed by atoms with van der Waals surface area (Å²) in [6, 6.07) is 0. The molecule has 1 saturated carbocycles. The molecule has 0 N–H and O–H groups in total. The van der Waals surface area contributed by atoms with Gasteiger partial charge in [0.25, 0.3) is 0 Å². The van der Waals surface area contributed by atoms with Gasteiger partial charge in [-0.2, -0.15) is 0 Å². The molecule has 0 aliphatic heterocycles. The fourth-order valence-electron chi connectivity index (χ4n) is 1.75. The zero-order chi connectivity index (χ0) is 10.3. The van der Waals surface area contributed by atoms with Gasteiger partial charge >= 0.3 is 0 Å². The van der Waals surface area contributed by atoms with Crippen molar-refractivity contribution in [3.63, 3.8) is 0 Å². The summed E-state index contributed by atoms with van der Waals surface area (Å²) < 4.78 is 0. The van der Waals surface area contributed by atoms with Crippen LogP contribution in [0.2, 0.25) is 5.15 Å². The number of nitrogens with zero attached hydrogens (tertiary/aromatic N) is 2. The predicted molar refractivity (Wildman–Crippen MR) is 57.8 cm³/mol. The number of hydrogen-bond acceptors (Lipinski definition) is 2. The van der Waals surface area contributed by atoms with Crippen LogP contribution in [-0.2, 0) is 0 Å². The molecule has 2 nitrogen and oxygen atoms in total. The van der Waals surface area contributed by atoms with E-state index in [1.54, 1.807) is 0 Å². The van der Waals surface area contributed by atoms with E-state index in [0.717, 1.165) is 17.1 Å². The van der Waals surface area contributed by atoms with Crippen LogP contribution < -0.4 is 0 Å². The molecule has 14 heavy (non-hydrogen) atoms. The quantitative estimate of drug-likeness (QED) is 0.699. The smallest absolute Gasteiger partial charge is 0.136 e. The molecule has 0 saturated heterocycles. The summed E-state index contributed by atoms with van der Waals surface area (Å²) >= 11 is 6.15. The molecule has 1 fully saturated rings. The lowest BCUT2D eigenvalue weighted by atomic mass is 10.0. The highest BCUT2D eigenvalue weighted by atomic mass is 35.5. The van der Waals surface area contributed by atoms with E-state index in [-0.39, 0.29) is 0 Å². The van der Waals surface area contributed by atoms with E-state index < -0.39 is 0 Å². The second kappa shape index (κ2) is 3.50. The van der Waals surface area contributed by atoms with E-state index in [4.69, 9.17) is 11.6 Å². The molecule has 0 unspecified atom stereocenters. The summed E-state index contributed by atoms with van der Waals surface area (Å²) in [5.74, 6) is 1.92. The number of aromatic nitrogens is 2. The van der Waals surface area contributed by atoms with Crippen LogP contribution in [0.4, 0.5) is 0 Å². The van der Waals surface area contributed by atoms with Crippen molar-refractivity contribution in [1.29, 1.82) is 0 Å². The Labute approximate surface area is 89.7 Å². The zero-order valence-corrected chi connectivity index (χ0v) is 9.60. The largest absolute Gasteiger partial charge is 0.238 e. The molecule has 0 radical (unpaired) electrons. The first kappa shape index (κ1) is 9.91. The van der Waals surface area contributed by atoms with Crippen molar-refractivity contribution in [3.05, 3.63) is 22.2 Å². The Kier molecular flexibility index (Phi) is 2.48. The van der Waals surface area contributed by atoms with Crippen molar-refractivity contribution >= 4 is 11.6 Å². The summed E-state index contributed by atoms with van der Waals surface area (Å²) in [5, 5.41) is 0.648. The van der Waals surface area contributed by atoms with Gasteiger partial charge in [-0.1, -0.05) is 25.4 Å². The van der Waals surface area contributed by atoms with Crippen LogP contribution in [0.3, 0.4) is 0 Å².